The van der Waals surface area contributed by atoms with Crippen LogP contribution in [0.4, 0.5) is 0 Å². The van der Waals surface area contributed by atoms with Crippen LogP contribution < -0.4 is 0 Å². The van der Waals surface area contributed by atoms with Crippen LogP contribution in [-0.2, 0) is 0 Å². The molecule has 2 aromatic rings. The second kappa shape index (κ2) is 3.45. The molecular formula is C9H4BrCl2N. The zero-order chi connectivity index (χ0) is 9.42. The Morgan fingerprint density at radius 1 is 1.15 bits per heavy atom. The summed E-state index contributed by atoms with van der Waals surface area (Å²) in [6.45, 7) is 0. The fourth-order valence-electron chi connectivity index (χ4n) is 1.13. The Balaban J connectivity index is 2.87. The molecule has 0 unspecified atom stereocenters. The first-order valence-electron chi connectivity index (χ1n) is 3.58. The van der Waals surface area contributed by atoms with Gasteiger partial charge in [-0.15, -0.1) is 0 Å². The minimum absolute atomic E-state index is 0.482. The van der Waals surface area contributed by atoms with Gasteiger partial charge in [-0.1, -0.05) is 23.2 Å². The van der Waals surface area contributed by atoms with Crippen LogP contribution in [0.1, 0.15) is 0 Å². The Bertz CT molecular complexity index is 470. The predicted octanol–water partition coefficient (Wildman–Crippen LogP) is 4.30. The van der Waals surface area contributed by atoms with E-state index in [9.17, 15) is 0 Å². The summed E-state index contributed by atoms with van der Waals surface area (Å²) in [7, 11) is 0. The van der Waals surface area contributed by atoms with Crippen LogP contribution in [0.25, 0.3) is 10.9 Å². The van der Waals surface area contributed by atoms with Gasteiger partial charge < -0.3 is 0 Å². The first kappa shape index (κ1) is 9.25. The van der Waals surface area contributed by atoms with Gasteiger partial charge in [-0.05, 0) is 40.2 Å². The van der Waals surface area contributed by atoms with Gasteiger partial charge in [-0.3, -0.25) is 0 Å². The number of benzene rings is 1. The molecule has 1 heterocycles. The zero-order valence-electron chi connectivity index (χ0n) is 6.39. The Hall–Kier alpha value is -0.310. The Morgan fingerprint density at radius 3 is 2.69 bits per heavy atom. The summed E-state index contributed by atoms with van der Waals surface area (Å²) in [5.74, 6) is 0. The van der Waals surface area contributed by atoms with Crippen molar-refractivity contribution in [2.75, 3.05) is 0 Å². The van der Waals surface area contributed by atoms with Crippen molar-refractivity contribution in [1.82, 2.24) is 4.98 Å². The number of nitrogens with zero attached hydrogens (tertiary/aromatic N) is 1. The van der Waals surface area contributed by atoms with E-state index in [-0.39, 0.29) is 0 Å². The summed E-state index contributed by atoms with van der Waals surface area (Å²) in [5, 5.41) is 2.14. The molecular weight excluding hydrogens is 273 g/mol. The summed E-state index contributed by atoms with van der Waals surface area (Å²) in [4.78, 5) is 4.18. The second-order valence-corrected chi connectivity index (χ2v) is 4.27. The van der Waals surface area contributed by atoms with E-state index in [0.29, 0.717) is 10.2 Å². The molecule has 66 valence electrons. The highest BCUT2D eigenvalue weighted by molar-refractivity contribution is 9.10. The van der Waals surface area contributed by atoms with E-state index in [1.165, 1.54) is 0 Å². The van der Waals surface area contributed by atoms with Crippen LogP contribution in [-0.4, -0.2) is 4.98 Å². The van der Waals surface area contributed by atoms with E-state index in [4.69, 9.17) is 23.2 Å². The summed E-state index contributed by atoms with van der Waals surface area (Å²) in [6, 6.07) is 7.28. The molecule has 0 bridgehead atoms. The molecule has 0 aliphatic heterocycles. The molecule has 0 spiro atoms. The molecule has 1 aromatic carbocycles. The maximum absolute atomic E-state index is 5.87. The van der Waals surface area contributed by atoms with Gasteiger partial charge in [0.05, 0.1) is 5.52 Å². The minimum Gasteiger partial charge on any atom is -0.235 e. The van der Waals surface area contributed by atoms with Crippen LogP contribution in [0.5, 0.6) is 0 Å². The third-order valence-corrected chi connectivity index (χ3v) is 2.71. The molecule has 4 heteroatoms. The fourth-order valence-corrected chi connectivity index (χ4v) is 2.20. The van der Waals surface area contributed by atoms with E-state index in [1.54, 1.807) is 12.1 Å². The van der Waals surface area contributed by atoms with E-state index in [0.717, 1.165) is 15.4 Å². The molecule has 1 aromatic heterocycles. The molecule has 0 aliphatic carbocycles. The average molecular weight is 277 g/mol. The molecule has 13 heavy (non-hydrogen) atoms. The summed E-state index contributed by atoms with van der Waals surface area (Å²) in [5.41, 5.74) is 0.830. The number of halogens is 3. The highest BCUT2D eigenvalue weighted by Gasteiger charge is 2.02. The number of hydrogen-bond acceptors (Lipinski definition) is 1. The lowest BCUT2D eigenvalue weighted by atomic mass is 10.2. The molecule has 0 fully saturated rings. The van der Waals surface area contributed by atoms with Gasteiger partial charge in [0.25, 0.3) is 0 Å². The van der Waals surface area contributed by atoms with Crippen molar-refractivity contribution in [3.63, 3.8) is 0 Å². The van der Waals surface area contributed by atoms with E-state index < -0.39 is 0 Å². The van der Waals surface area contributed by atoms with Crippen LogP contribution in [0.3, 0.4) is 0 Å². The maximum atomic E-state index is 5.87. The molecule has 0 saturated carbocycles. The van der Waals surface area contributed by atoms with Crippen LogP contribution in [0, 0.1) is 0 Å². The van der Waals surface area contributed by atoms with Crippen molar-refractivity contribution in [2.45, 2.75) is 0 Å². The van der Waals surface area contributed by atoms with Gasteiger partial charge in [0.2, 0.25) is 0 Å². The molecule has 0 aliphatic rings. The van der Waals surface area contributed by atoms with Crippen molar-refractivity contribution in [2.24, 2.45) is 0 Å². The van der Waals surface area contributed by atoms with E-state index in [2.05, 4.69) is 20.9 Å². The SMILES string of the molecule is Clc1cc(Br)c2nc(Cl)ccc2c1. The number of aromatic nitrogens is 1. The predicted molar refractivity (Wildman–Crippen MR) is 59.5 cm³/mol. The lowest BCUT2D eigenvalue weighted by Crippen LogP contribution is -1.81. The highest BCUT2D eigenvalue weighted by Crippen LogP contribution is 2.27. The number of hydrogen-bond donors (Lipinski definition) is 0. The number of pyridine rings is 1. The number of rotatable bonds is 0. The second-order valence-electron chi connectivity index (χ2n) is 2.59. The van der Waals surface area contributed by atoms with Gasteiger partial charge in [0, 0.05) is 14.9 Å². The summed E-state index contributed by atoms with van der Waals surface area (Å²) < 4.78 is 0.859. The van der Waals surface area contributed by atoms with Gasteiger partial charge in [0.15, 0.2) is 0 Å². The standard InChI is InChI=1S/C9H4BrCl2N/c10-7-4-6(11)3-5-1-2-8(12)13-9(5)7/h1-4H. The largest absolute Gasteiger partial charge is 0.235 e. The summed E-state index contributed by atoms with van der Waals surface area (Å²) in [6.07, 6.45) is 0. The molecule has 2 rings (SSSR count). The van der Waals surface area contributed by atoms with Gasteiger partial charge >= 0.3 is 0 Å². The van der Waals surface area contributed by atoms with Crippen molar-refractivity contribution in [3.05, 3.63) is 38.9 Å². The zero-order valence-corrected chi connectivity index (χ0v) is 9.49. The Kier molecular flexibility index (Phi) is 2.45. The van der Waals surface area contributed by atoms with E-state index in [1.807, 2.05) is 12.1 Å². The van der Waals surface area contributed by atoms with Crippen molar-refractivity contribution in [1.29, 1.82) is 0 Å². The normalized spacial score (nSPS) is 10.7. The van der Waals surface area contributed by atoms with Gasteiger partial charge in [0.1, 0.15) is 5.15 Å². The Labute approximate surface area is 93.8 Å². The molecule has 0 radical (unpaired) electrons. The number of fused-ring (bicyclic) bond motifs is 1. The van der Waals surface area contributed by atoms with Crippen LogP contribution >= 0.6 is 39.1 Å². The molecule has 0 atom stereocenters. The molecule has 0 saturated heterocycles. The van der Waals surface area contributed by atoms with Crippen molar-refractivity contribution >= 4 is 50.0 Å². The van der Waals surface area contributed by atoms with Crippen LogP contribution in [0.2, 0.25) is 10.2 Å². The average Bonchev–Trinajstić information content (AvgIpc) is 2.06. The lowest BCUT2D eigenvalue weighted by Gasteiger charge is -2.00. The monoisotopic (exact) mass is 275 g/mol. The summed E-state index contributed by atoms with van der Waals surface area (Å²) >= 11 is 15.0. The van der Waals surface area contributed by atoms with Crippen molar-refractivity contribution < 1.29 is 0 Å². The highest BCUT2D eigenvalue weighted by atomic mass is 79.9. The van der Waals surface area contributed by atoms with Crippen molar-refractivity contribution in [3.8, 4) is 0 Å². The first-order chi connectivity index (χ1) is 6.16. The quantitative estimate of drug-likeness (QED) is 0.654. The Morgan fingerprint density at radius 2 is 1.92 bits per heavy atom. The topological polar surface area (TPSA) is 12.9 Å². The maximum Gasteiger partial charge on any atom is 0.129 e. The third kappa shape index (κ3) is 1.80. The van der Waals surface area contributed by atoms with E-state index >= 15 is 0 Å². The minimum atomic E-state index is 0.482. The van der Waals surface area contributed by atoms with Gasteiger partial charge in [-0.25, -0.2) is 4.98 Å². The van der Waals surface area contributed by atoms with Crippen LogP contribution in [0.15, 0.2) is 28.7 Å². The van der Waals surface area contributed by atoms with Gasteiger partial charge in [-0.2, -0.15) is 0 Å². The smallest absolute Gasteiger partial charge is 0.129 e. The lowest BCUT2D eigenvalue weighted by molar-refractivity contribution is 1.40. The molecule has 0 amide bonds. The molecule has 0 N–H and O–H groups in total. The molecule has 1 nitrogen and oxygen atoms in total. The third-order valence-electron chi connectivity index (χ3n) is 1.68. The first-order valence-corrected chi connectivity index (χ1v) is 5.13. The fraction of sp³-hybridized carbons (Fsp3) is 0.